The van der Waals surface area contributed by atoms with Crippen LogP contribution in [0.15, 0.2) is 18.2 Å². The zero-order valence-corrected chi connectivity index (χ0v) is 9.81. The summed E-state index contributed by atoms with van der Waals surface area (Å²) in [5.41, 5.74) is 1.99. The summed E-state index contributed by atoms with van der Waals surface area (Å²) >= 11 is 0. The normalized spacial score (nSPS) is 19.2. The fraction of sp³-hybridized carbons (Fsp3) is 0.462. The Bertz CT molecular complexity index is 414. The van der Waals surface area contributed by atoms with E-state index in [1.54, 1.807) is 0 Å². The first-order valence-corrected chi connectivity index (χ1v) is 5.74. The lowest BCUT2D eigenvalue weighted by Gasteiger charge is -2.13. The molecule has 0 radical (unpaired) electrons. The fourth-order valence-electron chi connectivity index (χ4n) is 1.95. The fourth-order valence-corrected chi connectivity index (χ4v) is 1.95. The second-order valence-corrected chi connectivity index (χ2v) is 4.11. The number of rotatable bonds is 4. The number of carbonyl (C=O) groups excluding carboxylic acids is 1. The summed E-state index contributed by atoms with van der Waals surface area (Å²) in [6.07, 6.45) is 1.12. The van der Waals surface area contributed by atoms with Crippen LogP contribution in [0.2, 0.25) is 0 Å². The van der Waals surface area contributed by atoms with Crippen molar-refractivity contribution in [2.75, 3.05) is 13.2 Å². The van der Waals surface area contributed by atoms with E-state index < -0.39 is 0 Å². The van der Waals surface area contributed by atoms with Gasteiger partial charge in [-0.2, -0.15) is 0 Å². The SMILES string of the molecule is Cc1cc(C2CCC(=O)O2)ccc1OCCO. The number of carbonyl (C=O) groups is 1. The quantitative estimate of drug-likeness (QED) is 0.809. The summed E-state index contributed by atoms with van der Waals surface area (Å²) in [6.45, 7) is 2.23. The third-order valence-electron chi connectivity index (χ3n) is 2.80. The van der Waals surface area contributed by atoms with Crippen molar-refractivity contribution < 1.29 is 19.4 Å². The molecule has 1 aromatic carbocycles. The Morgan fingerprint density at radius 3 is 2.94 bits per heavy atom. The molecular weight excluding hydrogens is 220 g/mol. The molecule has 1 aliphatic rings. The molecule has 1 aromatic rings. The van der Waals surface area contributed by atoms with Gasteiger partial charge in [-0.15, -0.1) is 0 Å². The predicted octanol–water partition coefficient (Wildman–Crippen LogP) is 1.74. The Kier molecular flexibility index (Phi) is 3.64. The van der Waals surface area contributed by atoms with Crippen LogP contribution in [-0.4, -0.2) is 24.3 Å². The number of aryl methyl sites for hydroxylation is 1. The first-order valence-electron chi connectivity index (χ1n) is 5.74. The number of aliphatic hydroxyl groups excluding tert-OH is 1. The summed E-state index contributed by atoms with van der Waals surface area (Å²) in [5.74, 6) is 0.625. The van der Waals surface area contributed by atoms with Gasteiger partial charge in [-0.3, -0.25) is 4.79 Å². The number of esters is 1. The van der Waals surface area contributed by atoms with E-state index >= 15 is 0 Å². The van der Waals surface area contributed by atoms with Crippen LogP contribution in [-0.2, 0) is 9.53 Å². The Labute approximate surface area is 100 Å². The van der Waals surface area contributed by atoms with Crippen LogP contribution in [0.3, 0.4) is 0 Å². The van der Waals surface area contributed by atoms with Gasteiger partial charge in [0.15, 0.2) is 0 Å². The summed E-state index contributed by atoms with van der Waals surface area (Å²) in [6, 6.07) is 5.73. The van der Waals surface area contributed by atoms with Crippen molar-refractivity contribution in [2.45, 2.75) is 25.9 Å². The van der Waals surface area contributed by atoms with Gasteiger partial charge in [0.05, 0.1) is 6.61 Å². The van der Waals surface area contributed by atoms with Crippen LogP contribution in [0.25, 0.3) is 0 Å². The van der Waals surface area contributed by atoms with Crippen molar-refractivity contribution in [1.29, 1.82) is 0 Å². The molecule has 4 nitrogen and oxygen atoms in total. The Balaban J connectivity index is 2.10. The van der Waals surface area contributed by atoms with Gasteiger partial charge >= 0.3 is 5.97 Å². The molecule has 0 aliphatic carbocycles. The molecule has 4 heteroatoms. The maximum Gasteiger partial charge on any atom is 0.306 e. The van der Waals surface area contributed by atoms with Crippen molar-refractivity contribution >= 4 is 5.97 Å². The van der Waals surface area contributed by atoms with Gasteiger partial charge in [0.25, 0.3) is 0 Å². The molecule has 1 unspecified atom stereocenters. The Morgan fingerprint density at radius 1 is 1.53 bits per heavy atom. The lowest BCUT2D eigenvalue weighted by molar-refractivity contribution is -0.141. The molecule has 1 fully saturated rings. The van der Waals surface area contributed by atoms with Crippen LogP contribution in [0.4, 0.5) is 0 Å². The van der Waals surface area contributed by atoms with Gasteiger partial charge < -0.3 is 14.6 Å². The van der Waals surface area contributed by atoms with Crippen molar-refractivity contribution in [1.82, 2.24) is 0 Å². The van der Waals surface area contributed by atoms with E-state index in [-0.39, 0.29) is 18.7 Å². The summed E-state index contributed by atoms with van der Waals surface area (Å²) < 4.78 is 10.6. The summed E-state index contributed by atoms with van der Waals surface area (Å²) in [4.78, 5) is 11.0. The number of benzene rings is 1. The molecular formula is C13H16O4. The minimum atomic E-state index is -0.131. The second kappa shape index (κ2) is 5.19. The molecule has 0 aromatic heterocycles. The van der Waals surface area contributed by atoms with Crippen LogP contribution in [0, 0.1) is 6.92 Å². The van der Waals surface area contributed by atoms with Gasteiger partial charge in [-0.1, -0.05) is 6.07 Å². The van der Waals surface area contributed by atoms with Crippen LogP contribution < -0.4 is 4.74 Å². The monoisotopic (exact) mass is 236 g/mol. The highest BCUT2D eigenvalue weighted by Gasteiger charge is 2.25. The van der Waals surface area contributed by atoms with Gasteiger partial charge in [0.1, 0.15) is 18.5 Å². The number of hydrogen-bond donors (Lipinski definition) is 1. The smallest absolute Gasteiger partial charge is 0.306 e. The molecule has 1 N–H and O–H groups in total. The molecule has 0 saturated carbocycles. The average Bonchev–Trinajstić information content (AvgIpc) is 2.74. The van der Waals surface area contributed by atoms with E-state index in [4.69, 9.17) is 14.6 Å². The highest BCUT2D eigenvalue weighted by Crippen LogP contribution is 2.31. The lowest BCUT2D eigenvalue weighted by Crippen LogP contribution is -2.04. The largest absolute Gasteiger partial charge is 0.491 e. The van der Waals surface area contributed by atoms with Crippen molar-refractivity contribution in [2.24, 2.45) is 0 Å². The van der Waals surface area contributed by atoms with Gasteiger partial charge in [-0.25, -0.2) is 0 Å². The summed E-state index contributed by atoms with van der Waals surface area (Å²) in [5, 5.41) is 8.69. The third kappa shape index (κ3) is 2.77. The molecule has 1 atom stereocenters. The van der Waals surface area contributed by atoms with Crippen molar-refractivity contribution in [3.05, 3.63) is 29.3 Å². The van der Waals surface area contributed by atoms with E-state index in [0.717, 1.165) is 23.3 Å². The van der Waals surface area contributed by atoms with E-state index in [2.05, 4.69) is 0 Å². The molecule has 1 heterocycles. The second-order valence-electron chi connectivity index (χ2n) is 4.11. The molecule has 17 heavy (non-hydrogen) atoms. The minimum Gasteiger partial charge on any atom is -0.491 e. The molecule has 2 rings (SSSR count). The third-order valence-corrected chi connectivity index (χ3v) is 2.80. The molecule has 0 spiro atoms. The Hall–Kier alpha value is -1.55. The zero-order valence-electron chi connectivity index (χ0n) is 9.81. The molecule has 0 bridgehead atoms. The lowest BCUT2D eigenvalue weighted by atomic mass is 10.0. The first kappa shape index (κ1) is 11.9. The van der Waals surface area contributed by atoms with Crippen molar-refractivity contribution in [3.8, 4) is 5.75 Å². The van der Waals surface area contributed by atoms with Crippen LogP contribution in [0.1, 0.15) is 30.1 Å². The Morgan fingerprint density at radius 2 is 2.35 bits per heavy atom. The number of aliphatic hydroxyl groups is 1. The van der Waals surface area contributed by atoms with E-state index in [0.29, 0.717) is 13.0 Å². The minimum absolute atomic E-state index is 0.00142. The maximum absolute atomic E-state index is 11.0. The molecule has 1 saturated heterocycles. The maximum atomic E-state index is 11.0. The van der Waals surface area contributed by atoms with E-state index in [1.165, 1.54) is 0 Å². The predicted molar refractivity (Wildman–Crippen MR) is 61.8 cm³/mol. The number of ether oxygens (including phenoxy) is 2. The first-order chi connectivity index (χ1) is 8.20. The van der Waals surface area contributed by atoms with Gasteiger partial charge in [-0.05, 0) is 36.6 Å². The molecule has 92 valence electrons. The topological polar surface area (TPSA) is 55.8 Å². The van der Waals surface area contributed by atoms with Gasteiger partial charge in [0, 0.05) is 6.42 Å². The zero-order chi connectivity index (χ0) is 12.3. The van der Waals surface area contributed by atoms with Crippen molar-refractivity contribution in [3.63, 3.8) is 0 Å². The number of cyclic esters (lactones) is 1. The highest BCUT2D eigenvalue weighted by molar-refractivity contribution is 5.71. The average molecular weight is 236 g/mol. The van der Waals surface area contributed by atoms with Gasteiger partial charge in [0.2, 0.25) is 0 Å². The molecule has 0 amide bonds. The van der Waals surface area contributed by atoms with Crippen LogP contribution >= 0.6 is 0 Å². The van der Waals surface area contributed by atoms with Crippen LogP contribution in [0.5, 0.6) is 5.75 Å². The highest BCUT2D eigenvalue weighted by atomic mass is 16.5. The van der Waals surface area contributed by atoms with E-state index in [1.807, 2.05) is 25.1 Å². The molecule has 1 aliphatic heterocycles. The summed E-state index contributed by atoms with van der Waals surface area (Å²) in [7, 11) is 0. The standard InChI is InChI=1S/C13H16O4/c1-9-8-10(12-4-5-13(15)17-12)2-3-11(9)16-7-6-14/h2-3,8,12,14H,4-7H2,1H3. The number of hydrogen-bond acceptors (Lipinski definition) is 4. The van der Waals surface area contributed by atoms with E-state index in [9.17, 15) is 4.79 Å².